The third-order valence-corrected chi connectivity index (χ3v) is 10.5. The monoisotopic (exact) mass is 788 g/mol. The van der Waals surface area contributed by atoms with Crippen molar-refractivity contribution < 1.29 is 23.6 Å². The summed E-state index contributed by atoms with van der Waals surface area (Å²) in [6, 6.07) is 29.9. The Morgan fingerprint density at radius 1 is 0.912 bits per heavy atom. The van der Waals surface area contributed by atoms with Crippen molar-refractivity contribution in [2.75, 3.05) is 55.6 Å². The van der Waals surface area contributed by atoms with Gasteiger partial charge in [-0.2, -0.15) is 10.1 Å². The van der Waals surface area contributed by atoms with Gasteiger partial charge >= 0.3 is 6.03 Å². The minimum Gasteiger partial charge on any atom is -0.475 e. The van der Waals surface area contributed by atoms with Gasteiger partial charge in [0.05, 0.1) is 37.4 Å². The third kappa shape index (κ3) is 10.2. The van der Waals surface area contributed by atoms with Crippen molar-refractivity contribution in [1.29, 1.82) is 0 Å². The zero-order chi connectivity index (χ0) is 40.2. The molecule has 296 valence electrons. The minimum atomic E-state index is -2.30. The van der Waals surface area contributed by atoms with E-state index in [4.69, 9.17) is 19.3 Å². The van der Waals surface area contributed by atoms with Crippen molar-refractivity contribution in [3.63, 3.8) is 0 Å². The van der Waals surface area contributed by atoms with Crippen molar-refractivity contribution in [2.24, 2.45) is 0 Å². The number of carbonyl (C=O) groups excluding carboxylic acids is 1. The number of anilines is 4. The Balaban J connectivity index is 1.06. The highest BCUT2D eigenvalue weighted by atomic mass is 31.2. The van der Waals surface area contributed by atoms with E-state index in [9.17, 15) is 9.36 Å². The third-order valence-electron chi connectivity index (χ3n) is 9.37. The second kappa shape index (κ2) is 16.8. The van der Waals surface area contributed by atoms with E-state index in [1.165, 1.54) is 0 Å². The number of nitrogens with one attached hydrogen (secondary N) is 3. The molecule has 1 fully saturated rings. The lowest BCUT2D eigenvalue weighted by Gasteiger charge is -2.32. The van der Waals surface area contributed by atoms with Gasteiger partial charge in [-0.15, -0.1) is 0 Å². The first-order chi connectivity index (χ1) is 27.3. The molecule has 2 aromatic heterocycles. The van der Waals surface area contributed by atoms with E-state index < -0.39 is 13.2 Å². The van der Waals surface area contributed by atoms with Crippen LogP contribution in [0.4, 0.5) is 27.9 Å². The van der Waals surface area contributed by atoms with Gasteiger partial charge in [0.15, 0.2) is 0 Å². The Kier molecular flexibility index (Phi) is 11.6. The van der Waals surface area contributed by atoms with E-state index in [1.54, 1.807) is 42.4 Å². The second-order valence-corrected chi connectivity index (χ2v) is 19.0. The van der Waals surface area contributed by atoms with Crippen molar-refractivity contribution in [1.82, 2.24) is 24.6 Å². The maximum atomic E-state index is 13.7. The fraction of sp³-hybridized carbons (Fsp3) is 0.302. The molecule has 14 heteroatoms. The Hall–Kier alpha value is -5.75. The van der Waals surface area contributed by atoms with Crippen LogP contribution in [0, 0.1) is 0 Å². The van der Waals surface area contributed by atoms with Crippen LogP contribution in [-0.2, 0) is 20.9 Å². The summed E-state index contributed by atoms with van der Waals surface area (Å²) >= 11 is 0. The fourth-order valence-corrected chi connectivity index (χ4v) is 7.64. The van der Waals surface area contributed by atoms with Crippen LogP contribution in [0.15, 0.2) is 103 Å². The number of amides is 2. The average molecular weight is 789 g/mol. The number of carbonyl (C=O) groups is 1. The van der Waals surface area contributed by atoms with Gasteiger partial charge in [0.25, 0.3) is 0 Å². The summed E-state index contributed by atoms with van der Waals surface area (Å²) in [7, 11) is -2.30. The molecule has 57 heavy (non-hydrogen) atoms. The lowest BCUT2D eigenvalue weighted by atomic mass is 9.92. The number of aromatic nitrogens is 4. The number of ether oxygens (including phenoxy) is 3. The average Bonchev–Trinajstić information content (AvgIpc) is 3.60. The Labute approximate surface area is 333 Å². The topological polar surface area (TPSA) is 145 Å². The molecule has 1 saturated heterocycles. The maximum Gasteiger partial charge on any atom is 0.324 e. The van der Waals surface area contributed by atoms with Gasteiger partial charge in [0.1, 0.15) is 23.5 Å². The molecular weight excluding hydrogens is 739 g/mol. The minimum absolute atomic E-state index is 0.0897. The van der Waals surface area contributed by atoms with Crippen molar-refractivity contribution in [3.05, 3.63) is 115 Å². The lowest BCUT2D eigenvalue weighted by molar-refractivity contribution is -0.0373. The second-order valence-electron chi connectivity index (χ2n) is 15.6. The van der Waals surface area contributed by atoms with Gasteiger partial charge in [-0.1, -0.05) is 63.2 Å². The molecule has 1 aliphatic heterocycles. The highest BCUT2D eigenvalue weighted by Gasteiger charge is 2.23. The molecule has 0 saturated carbocycles. The molecule has 3 N–H and O–H groups in total. The van der Waals surface area contributed by atoms with Crippen LogP contribution in [-0.4, -0.2) is 76.5 Å². The predicted octanol–water partition coefficient (Wildman–Crippen LogP) is 9.47. The van der Waals surface area contributed by atoms with Gasteiger partial charge in [0.2, 0.25) is 11.8 Å². The van der Waals surface area contributed by atoms with Crippen molar-refractivity contribution in [2.45, 2.75) is 45.5 Å². The molecule has 7 rings (SSSR count). The van der Waals surface area contributed by atoms with Crippen LogP contribution in [0.3, 0.4) is 0 Å². The first-order valence-corrected chi connectivity index (χ1v) is 21.8. The van der Waals surface area contributed by atoms with Crippen molar-refractivity contribution in [3.8, 4) is 23.1 Å². The SMILES string of the molecule is CC(Oc1cccc(Nc2nccc(Oc3ccc(NC(=O)Nc4cc(C(C)(C)C)nn4-c4cccc(CP(C)(C)=O)c4)c4ccccc34)n2)c1)N1CCOCC1. The highest BCUT2D eigenvalue weighted by Crippen LogP contribution is 2.41. The highest BCUT2D eigenvalue weighted by molar-refractivity contribution is 7.61. The van der Waals surface area contributed by atoms with E-state index >= 15 is 0 Å². The van der Waals surface area contributed by atoms with Gasteiger partial charge < -0.3 is 29.4 Å². The number of morpholine rings is 1. The van der Waals surface area contributed by atoms with Gasteiger partial charge in [-0.05, 0) is 62.2 Å². The molecule has 6 aromatic rings. The number of nitrogens with zero attached hydrogens (tertiary/aromatic N) is 5. The number of fused-ring (bicyclic) bond motifs is 1. The molecule has 1 aliphatic rings. The summed E-state index contributed by atoms with van der Waals surface area (Å²) in [6.45, 7) is 14.9. The summed E-state index contributed by atoms with van der Waals surface area (Å²) in [6.07, 6.45) is 2.01. The normalized spacial score (nSPS) is 14.2. The summed E-state index contributed by atoms with van der Waals surface area (Å²) in [5, 5.41) is 15.7. The summed E-state index contributed by atoms with van der Waals surface area (Å²) < 4.78 is 32.3. The zero-order valence-corrected chi connectivity index (χ0v) is 34.0. The van der Waals surface area contributed by atoms with Gasteiger partial charge in [-0.3, -0.25) is 10.2 Å². The standard InChI is InChI=1S/C43H49N8O5P/c1-29(50-21-23-54-24-22-50)55-33-14-10-12-31(26-33)45-41-44-20-19-40(48-41)56-37-18-17-36(34-15-7-8-16-35(34)37)46-42(52)47-39-27-38(43(2,3)4)49-51(39)32-13-9-11-30(25-32)28-57(5,6)53/h7-20,25-27,29H,21-24,28H2,1-6H3,(H,44,45,48)(H2,46,47,52). The number of urea groups is 1. The van der Waals surface area contributed by atoms with Crippen LogP contribution >= 0.6 is 7.14 Å². The van der Waals surface area contributed by atoms with E-state index in [0.717, 1.165) is 52.2 Å². The molecule has 0 bridgehead atoms. The smallest absolute Gasteiger partial charge is 0.324 e. The molecule has 13 nitrogen and oxygen atoms in total. The fourth-order valence-electron chi connectivity index (χ4n) is 6.56. The van der Waals surface area contributed by atoms with Crippen LogP contribution in [0.2, 0.25) is 0 Å². The quantitative estimate of drug-likeness (QED) is 0.103. The Morgan fingerprint density at radius 2 is 1.68 bits per heavy atom. The van der Waals surface area contributed by atoms with Crippen LogP contribution in [0.25, 0.3) is 16.5 Å². The Morgan fingerprint density at radius 3 is 2.46 bits per heavy atom. The van der Waals surface area contributed by atoms with E-state index in [2.05, 4.69) is 51.6 Å². The summed E-state index contributed by atoms with van der Waals surface area (Å²) in [5.74, 6) is 2.50. The molecule has 0 aliphatic carbocycles. The molecular formula is C43H49N8O5P. The molecule has 0 radical (unpaired) electrons. The van der Waals surface area contributed by atoms with Crippen molar-refractivity contribution >= 4 is 47.1 Å². The largest absolute Gasteiger partial charge is 0.475 e. The van der Waals surface area contributed by atoms with E-state index in [1.807, 2.05) is 85.8 Å². The molecule has 4 aromatic carbocycles. The lowest BCUT2D eigenvalue weighted by Crippen LogP contribution is -2.44. The number of rotatable bonds is 12. The molecule has 1 unspecified atom stereocenters. The number of hydrogen-bond donors (Lipinski definition) is 3. The van der Waals surface area contributed by atoms with Crippen LogP contribution in [0.1, 0.15) is 39.0 Å². The predicted molar refractivity (Wildman–Crippen MR) is 226 cm³/mol. The van der Waals surface area contributed by atoms with E-state index in [0.29, 0.717) is 48.5 Å². The van der Waals surface area contributed by atoms with Gasteiger partial charge in [-0.25, -0.2) is 14.5 Å². The Bertz CT molecular complexity index is 2420. The number of benzene rings is 4. The maximum absolute atomic E-state index is 13.7. The molecule has 1 atom stereocenters. The molecule has 2 amide bonds. The van der Waals surface area contributed by atoms with E-state index in [-0.39, 0.29) is 11.6 Å². The molecule has 3 heterocycles. The summed E-state index contributed by atoms with van der Waals surface area (Å²) in [5.41, 5.74) is 3.61. The zero-order valence-electron chi connectivity index (χ0n) is 33.2. The summed E-state index contributed by atoms with van der Waals surface area (Å²) in [4.78, 5) is 24.9. The van der Waals surface area contributed by atoms with Gasteiger partial charge in [0, 0.05) is 65.5 Å². The first kappa shape index (κ1) is 39.5. The number of hydrogen-bond acceptors (Lipinski definition) is 10. The van der Waals surface area contributed by atoms with Crippen LogP contribution in [0.5, 0.6) is 17.4 Å². The first-order valence-electron chi connectivity index (χ1n) is 19.0. The van der Waals surface area contributed by atoms with Crippen LogP contribution < -0.4 is 25.4 Å². The molecule has 0 spiro atoms.